The first-order chi connectivity index (χ1) is 4.54. The van der Waals surface area contributed by atoms with E-state index in [1.54, 1.807) is 0 Å². The first kappa shape index (κ1) is 14.3. The molecule has 0 bridgehead atoms. The van der Waals surface area contributed by atoms with Crippen LogP contribution in [0.5, 0.6) is 0 Å². The molecule has 0 aliphatic carbocycles. The minimum Gasteiger partial charge on any atom is -0.453 e. The van der Waals surface area contributed by atoms with Crippen LogP contribution in [0.2, 0.25) is 0 Å². The van der Waals surface area contributed by atoms with E-state index in [4.69, 9.17) is 0 Å². The molecule has 8 heteroatoms. The molecule has 0 aliphatic rings. The summed E-state index contributed by atoms with van der Waals surface area (Å²) in [6.45, 7) is 0. The Kier molecular flexibility index (Phi) is 15.3. The highest BCUT2D eigenvalue weighted by Crippen LogP contribution is 2.71. The standard InChI is InChI=1S/C2H5NO2.H5IP4/c1-5-2(3)4;1-5(3)4-2/h1H3,(H2,3,4);4H,2-3H2. The summed E-state index contributed by atoms with van der Waals surface area (Å²) in [7, 11) is 7.77. The van der Waals surface area contributed by atoms with E-state index < -0.39 is 6.09 Å². The summed E-state index contributed by atoms with van der Waals surface area (Å²) < 4.78 is 3.89. The van der Waals surface area contributed by atoms with E-state index in [0.29, 0.717) is 0 Å². The smallest absolute Gasteiger partial charge is 0.404 e. The highest BCUT2D eigenvalue weighted by Gasteiger charge is 1.81. The maximum absolute atomic E-state index is 9.37. The Morgan fingerprint density at radius 1 is 1.90 bits per heavy atom. The SMILES string of the molecule is COC(N)=O.PPP(P)I. The minimum atomic E-state index is -0.745. The van der Waals surface area contributed by atoms with E-state index >= 15 is 0 Å². The molecule has 0 radical (unpaired) electrons. The van der Waals surface area contributed by atoms with Gasteiger partial charge in [-0.25, -0.2) is 4.79 Å². The number of carbonyl (C=O) groups is 1. The topological polar surface area (TPSA) is 52.3 Å². The van der Waals surface area contributed by atoms with Crippen molar-refractivity contribution in [2.45, 2.75) is 0 Å². The lowest BCUT2D eigenvalue weighted by Gasteiger charge is -1.89. The molecule has 0 aromatic heterocycles. The molecule has 62 valence electrons. The van der Waals surface area contributed by atoms with Crippen molar-refractivity contribution in [3.8, 4) is 0 Å². The Hall–Kier alpha value is 1.72. The lowest BCUT2D eigenvalue weighted by Crippen LogP contribution is -2.08. The molecule has 0 spiro atoms. The fourth-order valence-corrected chi connectivity index (χ4v) is 0. The van der Waals surface area contributed by atoms with Gasteiger partial charge in [-0.3, -0.25) is 0 Å². The second-order valence-electron chi connectivity index (χ2n) is 0.963. The van der Waals surface area contributed by atoms with Gasteiger partial charge in [-0.2, -0.15) is 0 Å². The van der Waals surface area contributed by atoms with Crippen LogP contribution >= 0.6 is 52.8 Å². The zero-order valence-corrected chi connectivity index (χ0v) is 11.7. The van der Waals surface area contributed by atoms with Crippen LogP contribution in [0.15, 0.2) is 0 Å². The third kappa shape index (κ3) is 22.6. The molecule has 4 atom stereocenters. The number of halogens is 1. The summed E-state index contributed by atoms with van der Waals surface area (Å²) in [6, 6.07) is 0. The van der Waals surface area contributed by atoms with Gasteiger partial charge >= 0.3 is 6.09 Å². The molecule has 0 aromatic rings. The molecule has 2 N–H and O–H groups in total. The van der Waals surface area contributed by atoms with Gasteiger partial charge in [-0.05, 0) is 22.0 Å². The quantitative estimate of drug-likeness (QED) is 0.593. The monoisotopic (exact) mass is 331 g/mol. The van der Waals surface area contributed by atoms with Gasteiger partial charge < -0.3 is 10.5 Å². The molecule has 4 unspecified atom stereocenters. The number of hydrogen-bond donors (Lipinski definition) is 1. The highest BCUT2D eigenvalue weighted by atomic mass is 127. The Bertz CT molecular complexity index is 91.3. The van der Waals surface area contributed by atoms with Crippen LogP contribution in [-0.2, 0) is 4.74 Å². The summed E-state index contributed by atoms with van der Waals surface area (Å²) >= 11 is 2.43. The van der Waals surface area contributed by atoms with Crippen molar-refractivity contribution >= 4 is 58.9 Å². The number of primary amides is 1. The van der Waals surface area contributed by atoms with E-state index in [1.807, 2.05) is 0 Å². The average Bonchev–Trinajstić information content (AvgIpc) is 1.89. The molecule has 0 saturated carbocycles. The predicted molar refractivity (Wildman–Crippen MR) is 65.3 cm³/mol. The largest absolute Gasteiger partial charge is 0.453 e. The highest BCUT2D eigenvalue weighted by molar-refractivity contribution is 14.2. The van der Waals surface area contributed by atoms with E-state index in [0.717, 1.165) is 7.96 Å². The van der Waals surface area contributed by atoms with E-state index in [1.165, 1.54) is 7.11 Å². The molecule has 0 aliphatic heterocycles. The van der Waals surface area contributed by atoms with Crippen molar-refractivity contribution in [2.75, 3.05) is 7.11 Å². The molecule has 3 nitrogen and oxygen atoms in total. The van der Waals surface area contributed by atoms with Crippen molar-refractivity contribution in [3.63, 3.8) is 0 Å². The van der Waals surface area contributed by atoms with Gasteiger partial charge in [0.15, 0.2) is 0 Å². The Labute approximate surface area is 81.1 Å². The second-order valence-corrected chi connectivity index (χ2v) is 18.5. The fourth-order valence-electron chi connectivity index (χ4n) is 0. The molecule has 0 rings (SSSR count). The van der Waals surface area contributed by atoms with E-state index in [-0.39, 0.29) is 4.94 Å². The molecule has 0 heterocycles. The zero-order valence-electron chi connectivity index (χ0n) is 5.37. The lowest BCUT2D eigenvalue weighted by atomic mass is 11.3. The van der Waals surface area contributed by atoms with Gasteiger partial charge in [-0.1, -0.05) is 16.9 Å². The van der Waals surface area contributed by atoms with Gasteiger partial charge in [0, 0.05) is 4.94 Å². The lowest BCUT2D eigenvalue weighted by molar-refractivity contribution is 0.182. The Balaban J connectivity index is 0. The molecular formula is C2H10INO2P4. The van der Waals surface area contributed by atoms with Crippen molar-refractivity contribution in [1.29, 1.82) is 0 Å². The van der Waals surface area contributed by atoms with Crippen molar-refractivity contribution in [3.05, 3.63) is 0 Å². The molecule has 10 heavy (non-hydrogen) atoms. The first-order valence-electron chi connectivity index (χ1n) is 2.04. The maximum atomic E-state index is 9.37. The summed E-state index contributed by atoms with van der Waals surface area (Å²) in [5.74, 6) is 0. The average molecular weight is 331 g/mol. The first-order valence-corrected chi connectivity index (χ1v) is 11.4. The number of rotatable bonds is 1. The third-order valence-electron chi connectivity index (χ3n) is 0.325. The summed E-state index contributed by atoms with van der Waals surface area (Å²) in [5.41, 5.74) is 4.43. The molecule has 1 amide bonds. The van der Waals surface area contributed by atoms with Crippen LogP contribution < -0.4 is 5.73 Å². The minimum absolute atomic E-state index is 0.279. The number of nitrogens with two attached hydrogens (primary N) is 1. The number of amides is 1. The molecular weight excluding hydrogens is 321 g/mol. The van der Waals surface area contributed by atoms with Gasteiger partial charge in [-0.15, -0.1) is 8.93 Å². The van der Waals surface area contributed by atoms with Crippen molar-refractivity contribution < 1.29 is 9.53 Å². The molecule has 0 aromatic carbocycles. The van der Waals surface area contributed by atoms with Crippen LogP contribution in [0, 0.1) is 0 Å². The number of carbonyl (C=O) groups excluding carboxylic acids is 1. The zero-order chi connectivity index (χ0) is 8.57. The number of ether oxygens (including phenoxy) is 1. The summed E-state index contributed by atoms with van der Waals surface area (Å²) in [5, 5.41) is 0. The number of methoxy groups -OCH3 is 1. The van der Waals surface area contributed by atoms with Crippen molar-refractivity contribution in [1.82, 2.24) is 0 Å². The molecule has 0 fully saturated rings. The van der Waals surface area contributed by atoms with Crippen molar-refractivity contribution in [2.24, 2.45) is 5.73 Å². The van der Waals surface area contributed by atoms with Gasteiger partial charge in [0.05, 0.1) is 7.11 Å². The van der Waals surface area contributed by atoms with Crippen LogP contribution in [0.1, 0.15) is 0 Å². The van der Waals surface area contributed by atoms with E-state index in [9.17, 15) is 4.79 Å². The summed E-state index contributed by atoms with van der Waals surface area (Å²) in [6.07, 6.45) is -0.745. The van der Waals surface area contributed by atoms with Gasteiger partial charge in [0.2, 0.25) is 0 Å². The van der Waals surface area contributed by atoms with Crippen LogP contribution in [0.4, 0.5) is 4.79 Å². The van der Waals surface area contributed by atoms with Gasteiger partial charge in [0.1, 0.15) is 0 Å². The summed E-state index contributed by atoms with van der Waals surface area (Å²) in [4.78, 5) is 9.65. The Morgan fingerprint density at radius 3 is 2.10 bits per heavy atom. The second kappa shape index (κ2) is 10.7. The van der Waals surface area contributed by atoms with Gasteiger partial charge in [0.25, 0.3) is 0 Å². The number of hydrogen-bond acceptors (Lipinski definition) is 2. The normalized spacial score (nSPS) is 12.0. The fraction of sp³-hybridized carbons (Fsp3) is 0.500. The van der Waals surface area contributed by atoms with Crippen LogP contribution in [0.25, 0.3) is 0 Å². The Morgan fingerprint density at radius 2 is 2.10 bits per heavy atom. The molecule has 0 saturated heterocycles. The predicted octanol–water partition coefficient (Wildman–Crippen LogP) is 2.70. The maximum Gasteiger partial charge on any atom is 0.404 e. The van der Waals surface area contributed by atoms with E-state index in [2.05, 4.69) is 50.4 Å². The van der Waals surface area contributed by atoms with Crippen LogP contribution in [0.3, 0.4) is 0 Å². The van der Waals surface area contributed by atoms with Crippen LogP contribution in [-0.4, -0.2) is 13.2 Å². The third-order valence-corrected chi connectivity index (χ3v) is 15.1.